The zero-order valence-corrected chi connectivity index (χ0v) is 17.2. The summed E-state index contributed by atoms with van der Waals surface area (Å²) in [5.41, 5.74) is 0.232. The molecule has 0 spiro atoms. The average molecular weight is 397 g/mol. The molecule has 4 bridgehead atoms. The molecule has 0 unspecified atom stereocenters. The molecule has 2 amide bonds. The molecule has 4 aliphatic carbocycles. The lowest BCUT2D eigenvalue weighted by molar-refractivity contribution is -0.135. The van der Waals surface area contributed by atoms with Gasteiger partial charge in [-0.05, 0) is 73.8 Å². The number of rotatable bonds is 5. The molecule has 0 radical (unpaired) electrons. The first-order valence-corrected chi connectivity index (χ1v) is 11.3. The van der Waals surface area contributed by atoms with Crippen LogP contribution in [0.25, 0.3) is 0 Å². The second-order valence-corrected chi connectivity index (χ2v) is 9.93. The van der Waals surface area contributed by atoms with E-state index < -0.39 is 0 Å². The topological polar surface area (TPSA) is 65.5 Å². The van der Waals surface area contributed by atoms with Crippen molar-refractivity contribution in [2.75, 3.05) is 37.6 Å². The molecule has 5 fully saturated rings. The average Bonchev–Trinajstić information content (AvgIpc) is 2.71. The van der Waals surface area contributed by atoms with E-state index in [4.69, 9.17) is 0 Å². The Kier molecular flexibility index (Phi) is 4.96. The van der Waals surface area contributed by atoms with Crippen molar-refractivity contribution in [2.24, 2.45) is 23.2 Å². The number of nitrogens with zero attached hydrogens (tertiary/aromatic N) is 3. The van der Waals surface area contributed by atoms with Crippen LogP contribution in [-0.2, 0) is 9.59 Å². The number of hydrogen-bond acceptors (Lipinski definition) is 4. The van der Waals surface area contributed by atoms with E-state index in [2.05, 4.69) is 15.2 Å². The molecule has 1 aromatic rings. The fraction of sp³-hybridized carbons (Fsp3) is 0.696. The highest BCUT2D eigenvalue weighted by atomic mass is 16.2. The van der Waals surface area contributed by atoms with Crippen molar-refractivity contribution in [1.29, 1.82) is 0 Å². The summed E-state index contributed by atoms with van der Waals surface area (Å²) in [6, 6.07) is 5.90. The number of pyridine rings is 1. The third-order valence-corrected chi connectivity index (χ3v) is 7.74. The van der Waals surface area contributed by atoms with Gasteiger partial charge in [0, 0.05) is 38.8 Å². The fourth-order valence-corrected chi connectivity index (χ4v) is 6.92. The maximum atomic E-state index is 12.7. The molecule has 29 heavy (non-hydrogen) atoms. The largest absolute Gasteiger partial charge is 0.353 e. The van der Waals surface area contributed by atoms with Crippen molar-refractivity contribution in [3.05, 3.63) is 24.4 Å². The summed E-state index contributed by atoms with van der Waals surface area (Å²) in [5.74, 6) is 3.63. The van der Waals surface area contributed by atoms with E-state index in [0.717, 1.165) is 36.7 Å². The minimum absolute atomic E-state index is 0.0320. The van der Waals surface area contributed by atoms with Crippen molar-refractivity contribution >= 4 is 17.6 Å². The summed E-state index contributed by atoms with van der Waals surface area (Å²) in [5, 5.41) is 2.94. The highest BCUT2D eigenvalue weighted by Gasteiger charge is 2.51. The zero-order chi connectivity index (χ0) is 19.8. The minimum Gasteiger partial charge on any atom is -0.353 e. The first-order chi connectivity index (χ1) is 14.1. The highest BCUT2D eigenvalue weighted by molar-refractivity contribution is 5.85. The van der Waals surface area contributed by atoms with Crippen LogP contribution in [0.3, 0.4) is 0 Å². The van der Waals surface area contributed by atoms with Crippen molar-refractivity contribution in [1.82, 2.24) is 15.2 Å². The molecule has 156 valence electrons. The van der Waals surface area contributed by atoms with Gasteiger partial charge in [0.2, 0.25) is 11.8 Å². The van der Waals surface area contributed by atoms with Gasteiger partial charge in [-0.1, -0.05) is 6.07 Å². The van der Waals surface area contributed by atoms with Crippen LogP contribution < -0.4 is 10.2 Å². The van der Waals surface area contributed by atoms with Crippen LogP contribution in [0.1, 0.15) is 44.9 Å². The Morgan fingerprint density at radius 3 is 2.24 bits per heavy atom. The predicted molar refractivity (Wildman–Crippen MR) is 111 cm³/mol. The Morgan fingerprint density at radius 1 is 1.00 bits per heavy atom. The first kappa shape index (κ1) is 18.9. The monoisotopic (exact) mass is 396 g/mol. The third-order valence-electron chi connectivity index (χ3n) is 7.74. The van der Waals surface area contributed by atoms with Crippen molar-refractivity contribution < 1.29 is 9.59 Å². The highest BCUT2D eigenvalue weighted by Crippen LogP contribution is 2.61. The Hall–Kier alpha value is -2.11. The molecule has 6 heteroatoms. The molecule has 1 aromatic heterocycles. The third kappa shape index (κ3) is 3.99. The maximum absolute atomic E-state index is 12.7. The van der Waals surface area contributed by atoms with Gasteiger partial charge in [0.25, 0.3) is 0 Å². The molecular weight excluding hydrogens is 364 g/mol. The number of carbonyl (C=O) groups excluding carboxylic acids is 2. The minimum atomic E-state index is 0.0320. The maximum Gasteiger partial charge on any atom is 0.242 e. The van der Waals surface area contributed by atoms with E-state index in [1.807, 2.05) is 23.1 Å². The second-order valence-electron chi connectivity index (χ2n) is 9.93. The predicted octanol–water partition coefficient (Wildman–Crippen LogP) is 2.45. The summed E-state index contributed by atoms with van der Waals surface area (Å²) in [7, 11) is 0. The van der Waals surface area contributed by atoms with Gasteiger partial charge in [-0.3, -0.25) is 9.59 Å². The van der Waals surface area contributed by atoms with Gasteiger partial charge in [-0.2, -0.15) is 0 Å². The zero-order valence-electron chi connectivity index (χ0n) is 17.2. The van der Waals surface area contributed by atoms with Crippen molar-refractivity contribution in [2.45, 2.75) is 44.9 Å². The van der Waals surface area contributed by atoms with Crippen LogP contribution in [0.4, 0.5) is 5.82 Å². The first-order valence-electron chi connectivity index (χ1n) is 11.3. The molecule has 2 heterocycles. The van der Waals surface area contributed by atoms with Gasteiger partial charge in [0.15, 0.2) is 0 Å². The number of anilines is 1. The molecule has 0 aromatic carbocycles. The van der Waals surface area contributed by atoms with Crippen molar-refractivity contribution in [3.63, 3.8) is 0 Å². The molecule has 5 aliphatic rings. The van der Waals surface area contributed by atoms with Crippen LogP contribution in [0, 0.1) is 23.2 Å². The molecule has 6 nitrogen and oxygen atoms in total. The smallest absolute Gasteiger partial charge is 0.242 e. The lowest BCUT2D eigenvalue weighted by Gasteiger charge is -2.56. The van der Waals surface area contributed by atoms with Gasteiger partial charge in [0.05, 0.1) is 6.54 Å². The van der Waals surface area contributed by atoms with Gasteiger partial charge in [0.1, 0.15) is 5.82 Å². The molecule has 1 aliphatic heterocycles. The van der Waals surface area contributed by atoms with Gasteiger partial charge in [-0.25, -0.2) is 4.98 Å². The van der Waals surface area contributed by atoms with Crippen LogP contribution in [0.2, 0.25) is 0 Å². The van der Waals surface area contributed by atoms with E-state index in [0.29, 0.717) is 19.5 Å². The van der Waals surface area contributed by atoms with E-state index in [-0.39, 0.29) is 23.8 Å². The number of aromatic nitrogens is 1. The fourth-order valence-electron chi connectivity index (χ4n) is 6.92. The summed E-state index contributed by atoms with van der Waals surface area (Å²) >= 11 is 0. The Labute approximate surface area is 173 Å². The lowest BCUT2D eigenvalue weighted by Crippen LogP contribution is -2.52. The van der Waals surface area contributed by atoms with E-state index in [1.165, 1.54) is 38.5 Å². The van der Waals surface area contributed by atoms with Crippen LogP contribution in [0.5, 0.6) is 0 Å². The standard InChI is InChI=1S/C23H32N4O2/c28-21(15-23-12-17-9-18(13-23)11-19(10-17)14-23)25-16-22(29)27-7-5-26(6-8-27)20-3-1-2-4-24-20/h1-4,17-19H,5-16H2,(H,25,28). The number of hydrogen-bond donors (Lipinski definition) is 1. The molecule has 1 N–H and O–H groups in total. The van der Waals surface area contributed by atoms with E-state index in [1.54, 1.807) is 6.20 Å². The molecular formula is C23H32N4O2. The second kappa shape index (κ2) is 7.62. The molecule has 0 atom stereocenters. The number of amides is 2. The number of carbonyl (C=O) groups is 2. The Balaban J connectivity index is 1.08. The SMILES string of the molecule is O=C(CC12CC3CC(CC(C3)C1)C2)NCC(=O)N1CCN(c2ccccn2)CC1. The molecule has 6 rings (SSSR count). The summed E-state index contributed by atoms with van der Waals surface area (Å²) in [4.78, 5) is 33.7. The molecule has 4 saturated carbocycles. The van der Waals surface area contributed by atoms with Gasteiger partial charge < -0.3 is 15.1 Å². The summed E-state index contributed by atoms with van der Waals surface area (Å²) < 4.78 is 0. The summed E-state index contributed by atoms with van der Waals surface area (Å²) in [6.07, 6.45) is 10.3. The van der Waals surface area contributed by atoms with Gasteiger partial charge >= 0.3 is 0 Å². The molecule has 1 saturated heterocycles. The Morgan fingerprint density at radius 2 is 1.66 bits per heavy atom. The van der Waals surface area contributed by atoms with Gasteiger partial charge in [-0.15, -0.1) is 0 Å². The number of piperazine rings is 1. The summed E-state index contributed by atoms with van der Waals surface area (Å²) in [6.45, 7) is 3.06. The normalized spacial score (nSPS) is 33.0. The lowest BCUT2D eigenvalue weighted by atomic mass is 9.49. The quantitative estimate of drug-likeness (QED) is 0.830. The van der Waals surface area contributed by atoms with E-state index in [9.17, 15) is 9.59 Å². The van der Waals surface area contributed by atoms with Crippen LogP contribution in [0.15, 0.2) is 24.4 Å². The number of nitrogens with one attached hydrogen (secondary N) is 1. The van der Waals surface area contributed by atoms with E-state index >= 15 is 0 Å². The van der Waals surface area contributed by atoms with Crippen LogP contribution in [-0.4, -0.2) is 54.4 Å². The van der Waals surface area contributed by atoms with Crippen molar-refractivity contribution in [3.8, 4) is 0 Å². The van der Waals surface area contributed by atoms with Crippen LogP contribution >= 0.6 is 0 Å². The Bertz CT molecular complexity index is 722.